The van der Waals surface area contributed by atoms with E-state index in [1.54, 1.807) is 30.6 Å². The van der Waals surface area contributed by atoms with Crippen LogP contribution in [0.2, 0.25) is 0 Å². The number of hydrogen-bond acceptors (Lipinski definition) is 5. The van der Waals surface area contributed by atoms with E-state index in [-0.39, 0.29) is 5.82 Å². The van der Waals surface area contributed by atoms with Crippen molar-refractivity contribution in [2.75, 3.05) is 0 Å². The number of nitrogens with zero attached hydrogens (tertiary/aromatic N) is 5. The van der Waals surface area contributed by atoms with E-state index in [4.69, 9.17) is 0 Å². The topological polar surface area (TPSA) is 78.3 Å². The third-order valence-electron chi connectivity index (χ3n) is 3.71. The normalized spacial score (nSPS) is 11.0. The van der Waals surface area contributed by atoms with Gasteiger partial charge in [0.2, 0.25) is 10.7 Å². The number of aromatic nitrogens is 4. The molecule has 0 radical (unpaired) electrons. The molecule has 0 spiro atoms. The molecule has 0 N–H and O–H groups in total. The molecule has 25 heavy (non-hydrogen) atoms. The first-order valence-corrected chi connectivity index (χ1v) is 8.38. The Hall–Kier alpha value is -3.13. The van der Waals surface area contributed by atoms with E-state index in [2.05, 4.69) is 9.97 Å². The molecule has 0 unspecified atom stereocenters. The lowest BCUT2D eigenvalue weighted by molar-refractivity contribution is -0.393. The summed E-state index contributed by atoms with van der Waals surface area (Å²) in [4.78, 5) is 19.8. The zero-order chi connectivity index (χ0) is 17.2. The van der Waals surface area contributed by atoms with Crippen molar-refractivity contribution in [2.24, 2.45) is 0 Å². The van der Waals surface area contributed by atoms with E-state index in [0.717, 1.165) is 5.56 Å². The standard InChI is InChI=1S/C17H13N5O2S/c23-22(24)16-15(19-14-8-4-5-10-21(14)16)25-17-18-9-11-20(17)12-13-6-2-1-3-7-13/h1-11H,12H2. The molecule has 0 amide bonds. The van der Waals surface area contributed by atoms with Crippen molar-refractivity contribution in [3.63, 3.8) is 0 Å². The number of rotatable bonds is 5. The predicted octanol–water partition coefficient (Wildman–Crippen LogP) is 3.64. The highest BCUT2D eigenvalue weighted by atomic mass is 32.2. The van der Waals surface area contributed by atoms with Crippen LogP contribution in [0.25, 0.3) is 5.65 Å². The van der Waals surface area contributed by atoms with Gasteiger partial charge in [0.1, 0.15) is 0 Å². The number of hydrogen-bond donors (Lipinski definition) is 0. The Morgan fingerprint density at radius 1 is 1.08 bits per heavy atom. The van der Waals surface area contributed by atoms with Gasteiger partial charge >= 0.3 is 5.82 Å². The molecule has 0 fully saturated rings. The predicted molar refractivity (Wildman–Crippen MR) is 93.7 cm³/mol. The van der Waals surface area contributed by atoms with Gasteiger partial charge in [-0.15, -0.1) is 0 Å². The second-order valence-electron chi connectivity index (χ2n) is 5.35. The maximum Gasteiger partial charge on any atom is 0.362 e. The number of pyridine rings is 1. The second kappa shape index (κ2) is 6.40. The molecule has 8 heteroatoms. The number of nitro groups is 1. The van der Waals surface area contributed by atoms with Gasteiger partial charge in [0.05, 0.1) is 6.20 Å². The molecule has 0 saturated heterocycles. The molecular formula is C17H13N5O2S. The Bertz CT molecular complexity index is 1040. The summed E-state index contributed by atoms with van der Waals surface area (Å²) in [5.74, 6) is -0.0464. The monoisotopic (exact) mass is 351 g/mol. The third kappa shape index (κ3) is 2.99. The summed E-state index contributed by atoms with van der Waals surface area (Å²) in [6, 6.07) is 15.3. The minimum Gasteiger partial charge on any atom is -0.358 e. The largest absolute Gasteiger partial charge is 0.362 e. The fraction of sp³-hybridized carbons (Fsp3) is 0.0588. The summed E-state index contributed by atoms with van der Waals surface area (Å²) >= 11 is 1.20. The van der Waals surface area contributed by atoms with Crippen LogP contribution in [0.15, 0.2) is 77.3 Å². The van der Waals surface area contributed by atoms with E-state index in [0.29, 0.717) is 22.4 Å². The van der Waals surface area contributed by atoms with Gasteiger partial charge < -0.3 is 14.7 Å². The summed E-state index contributed by atoms with van der Waals surface area (Å²) in [7, 11) is 0. The Balaban J connectivity index is 1.70. The van der Waals surface area contributed by atoms with Gasteiger partial charge in [-0.05, 0) is 28.3 Å². The van der Waals surface area contributed by atoms with E-state index >= 15 is 0 Å². The molecule has 0 bridgehead atoms. The molecule has 0 aliphatic carbocycles. The lowest BCUT2D eigenvalue weighted by Gasteiger charge is -2.06. The van der Waals surface area contributed by atoms with Crippen molar-refractivity contribution in [2.45, 2.75) is 16.7 Å². The van der Waals surface area contributed by atoms with Gasteiger partial charge in [-0.2, -0.15) is 9.38 Å². The summed E-state index contributed by atoms with van der Waals surface area (Å²) in [5.41, 5.74) is 1.67. The lowest BCUT2D eigenvalue weighted by Crippen LogP contribution is -2.00. The minimum atomic E-state index is -0.410. The number of fused-ring (bicyclic) bond motifs is 1. The molecule has 1 aromatic carbocycles. The van der Waals surface area contributed by atoms with E-state index in [9.17, 15) is 10.1 Å². The molecule has 3 heterocycles. The Morgan fingerprint density at radius 2 is 1.88 bits per heavy atom. The van der Waals surface area contributed by atoms with Crippen molar-refractivity contribution in [3.8, 4) is 0 Å². The maximum absolute atomic E-state index is 11.5. The van der Waals surface area contributed by atoms with Crippen LogP contribution in [0.3, 0.4) is 0 Å². The van der Waals surface area contributed by atoms with Crippen LogP contribution in [-0.4, -0.2) is 23.9 Å². The summed E-state index contributed by atoms with van der Waals surface area (Å²) in [5, 5.41) is 12.5. The van der Waals surface area contributed by atoms with Crippen LogP contribution in [0.1, 0.15) is 5.56 Å². The molecule has 7 nitrogen and oxygen atoms in total. The molecule has 4 rings (SSSR count). The molecule has 0 aliphatic heterocycles. The van der Waals surface area contributed by atoms with Gasteiger partial charge in [0.15, 0.2) is 5.16 Å². The molecular weight excluding hydrogens is 338 g/mol. The highest BCUT2D eigenvalue weighted by molar-refractivity contribution is 7.99. The highest BCUT2D eigenvalue weighted by Crippen LogP contribution is 2.34. The fourth-order valence-corrected chi connectivity index (χ4v) is 3.52. The van der Waals surface area contributed by atoms with Crippen LogP contribution in [0.4, 0.5) is 5.82 Å². The van der Waals surface area contributed by atoms with Gasteiger partial charge in [-0.3, -0.25) is 0 Å². The lowest BCUT2D eigenvalue weighted by atomic mass is 10.2. The average molecular weight is 351 g/mol. The molecule has 0 saturated carbocycles. The number of benzene rings is 1. The van der Waals surface area contributed by atoms with Crippen molar-refractivity contribution in [1.29, 1.82) is 0 Å². The minimum absolute atomic E-state index is 0.0464. The Kier molecular flexibility index (Phi) is 3.95. The van der Waals surface area contributed by atoms with E-state index in [1.807, 2.05) is 41.1 Å². The van der Waals surface area contributed by atoms with Crippen molar-refractivity contribution >= 4 is 23.2 Å². The summed E-state index contributed by atoms with van der Waals surface area (Å²) in [6.07, 6.45) is 5.19. The SMILES string of the molecule is O=[N+]([O-])c1c(Sc2nccn2Cc2ccccc2)nc2ccccn12. The van der Waals surface area contributed by atoms with Gasteiger partial charge in [-0.1, -0.05) is 36.4 Å². The third-order valence-corrected chi connectivity index (χ3v) is 4.70. The van der Waals surface area contributed by atoms with Crippen LogP contribution in [0.5, 0.6) is 0 Å². The van der Waals surface area contributed by atoms with Crippen LogP contribution < -0.4 is 0 Å². The molecule has 0 aliphatic rings. The smallest absolute Gasteiger partial charge is 0.358 e. The Morgan fingerprint density at radius 3 is 2.68 bits per heavy atom. The molecule has 4 aromatic rings. The quantitative estimate of drug-likeness (QED) is 0.405. The van der Waals surface area contributed by atoms with Gasteiger partial charge in [0, 0.05) is 25.0 Å². The first-order valence-electron chi connectivity index (χ1n) is 7.57. The summed E-state index contributed by atoms with van der Waals surface area (Å²) < 4.78 is 3.43. The van der Waals surface area contributed by atoms with Crippen molar-refractivity contribution in [3.05, 3.63) is 82.8 Å². The fourth-order valence-electron chi connectivity index (χ4n) is 2.58. The van der Waals surface area contributed by atoms with Crippen molar-refractivity contribution < 1.29 is 4.92 Å². The molecule has 3 aromatic heterocycles. The van der Waals surface area contributed by atoms with E-state index < -0.39 is 4.92 Å². The maximum atomic E-state index is 11.5. The van der Waals surface area contributed by atoms with Crippen LogP contribution >= 0.6 is 11.8 Å². The average Bonchev–Trinajstić information content (AvgIpc) is 3.20. The molecule has 0 atom stereocenters. The first-order chi connectivity index (χ1) is 12.2. The van der Waals surface area contributed by atoms with Gasteiger partial charge in [0.25, 0.3) is 0 Å². The van der Waals surface area contributed by atoms with Gasteiger partial charge in [-0.25, -0.2) is 4.98 Å². The Labute approximate surface area is 147 Å². The van der Waals surface area contributed by atoms with Crippen molar-refractivity contribution in [1.82, 2.24) is 18.9 Å². The zero-order valence-corrected chi connectivity index (χ0v) is 13.8. The molecule has 124 valence electrons. The zero-order valence-electron chi connectivity index (χ0n) is 13.0. The van der Waals surface area contributed by atoms with E-state index in [1.165, 1.54) is 16.2 Å². The summed E-state index contributed by atoms with van der Waals surface area (Å²) in [6.45, 7) is 0.643. The second-order valence-corrected chi connectivity index (χ2v) is 6.31. The van der Waals surface area contributed by atoms with Crippen LogP contribution in [0, 0.1) is 10.1 Å². The first kappa shape index (κ1) is 15.4. The number of imidazole rings is 2. The van der Waals surface area contributed by atoms with Crippen LogP contribution in [-0.2, 0) is 6.54 Å². The highest BCUT2D eigenvalue weighted by Gasteiger charge is 2.24.